The average molecular weight is 954 g/mol. The molecule has 4 aromatic rings. The van der Waals surface area contributed by atoms with E-state index in [4.69, 9.17) is 28.9 Å². The van der Waals surface area contributed by atoms with Gasteiger partial charge in [-0.15, -0.1) is 0 Å². The second-order valence-electron chi connectivity index (χ2n) is 17.7. The van der Waals surface area contributed by atoms with E-state index >= 15 is 0 Å². The van der Waals surface area contributed by atoms with Crippen molar-refractivity contribution in [3.05, 3.63) is 93.5 Å². The summed E-state index contributed by atoms with van der Waals surface area (Å²) < 4.78 is 41.6. The number of primary amides is 1. The maximum absolute atomic E-state index is 13.4. The molecule has 0 radical (unpaired) electrons. The molecular weight excluding hydrogens is 904 g/mol. The van der Waals surface area contributed by atoms with Crippen LogP contribution in [0.4, 0.5) is 24.5 Å². The van der Waals surface area contributed by atoms with Crippen molar-refractivity contribution in [1.29, 1.82) is 0 Å². The number of alkyl halides is 1. The number of imidazole rings is 2. The number of aromatic nitrogens is 4. The Balaban J connectivity index is 0.000000180. The van der Waals surface area contributed by atoms with Crippen molar-refractivity contribution in [2.45, 2.75) is 89.4 Å². The number of carbonyl (C=O) groups excluding carboxylic acids is 6. The Morgan fingerprint density at radius 3 is 1.85 bits per heavy atom. The number of aromatic amines is 1. The summed E-state index contributed by atoms with van der Waals surface area (Å²) in [7, 11) is 0. The molecule has 5 fully saturated rings. The fraction of sp³-hybridized carbons (Fsp3) is 0.467. The average Bonchev–Trinajstić information content (AvgIpc) is 4.08. The van der Waals surface area contributed by atoms with Gasteiger partial charge in [0.15, 0.2) is 11.4 Å². The highest BCUT2D eigenvalue weighted by Gasteiger charge is 2.51. The molecule has 66 heavy (non-hydrogen) atoms. The Morgan fingerprint density at radius 1 is 0.803 bits per heavy atom. The van der Waals surface area contributed by atoms with Crippen molar-refractivity contribution >= 4 is 70.0 Å². The van der Waals surface area contributed by atoms with E-state index in [1.165, 1.54) is 54.0 Å². The molecule has 5 aliphatic rings. The lowest BCUT2D eigenvalue weighted by atomic mass is 9.71. The lowest BCUT2D eigenvalue weighted by Crippen LogP contribution is -2.52. The zero-order valence-electron chi connectivity index (χ0n) is 36.1. The molecular formula is C45H49Cl2F3N10O6. The van der Waals surface area contributed by atoms with Gasteiger partial charge in [0, 0.05) is 31.7 Å². The number of H-pyrrole nitrogens is 1. The summed E-state index contributed by atoms with van der Waals surface area (Å²) >= 11 is 12.4. The van der Waals surface area contributed by atoms with Crippen LogP contribution in [0.3, 0.4) is 0 Å². The van der Waals surface area contributed by atoms with Crippen LogP contribution >= 0.6 is 23.2 Å². The summed E-state index contributed by atoms with van der Waals surface area (Å²) in [6.07, 6.45) is 8.01. The monoisotopic (exact) mass is 952 g/mol. The van der Waals surface area contributed by atoms with Gasteiger partial charge < -0.3 is 40.6 Å². The first-order valence-corrected chi connectivity index (χ1v) is 22.8. The van der Waals surface area contributed by atoms with Gasteiger partial charge in [-0.25, -0.2) is 23.1 Å². The summed E-state index contributed by atoms with van der Waals surface area (Å²) in [5.41, 5.74) is 5.72. The lowest BCUT2D eigenvalue weighted by molar-refractivity contribution is -0.128. The maximum Gasteiger partial charge on any atom is 0.272 e. The van der Waals surface area contributed by atoms with Crippen LogP contribution < -0.4 is 26.2 Å². The van der Waals surface area contributed by atoms with Crippen LogP contribution in [0.1, 0.15) is 119 Å². The number of rotatable bonds is 9. The number of nitrogens with two attached hydrogens (primary N) is 1. The molecule has 16 nitrogen and oxygen atoms in total. The van der Waals surface area contributed by atoms with Gasteiger partial charge in [0.2, 0.25) is 11.8 Å². The van der Waals surface area contributed by atoms with Gasteiger partial charge in [-0.3, -0.25) is 28.8 Å². The van der Waals surface area contributed by atoms with Crippen LogP contribution in [0.5, 0.6) is 0 Å². The largest absolute Gasteiger partial charge is 0.364 e. The van der Waals surface area contributed by atoms with E-state index in [-0.39, 0.29) is 69.8 Å². The zero-order valence-corrected chi connectivity index (χ0v) is 37.6. The summed E-state index contributed by atoms with van der Waals surface area (Å²) in [6, 6.07) is 7.81. The third-order valence-corrected chi connectivity index (χ3v) is 14.4. The quantitative estimate of drug-likeness (QED) is 0.153. The van der Waals surface area contributed by atoms with Crippen molar-refractivity contribution in [3.8, 4) is 0 Å². The second kappa shape index (κ2) is 18.7. The summed E-state index contributed by atoms with van der Waals surface area (Å²) in [4.78, 5) is 91.7. The van der Waals surface area contributed by atoms with E-state index in [0.29, 0.717) is 95.2 Å². The molecule has 2 saturated carbocycles. The normalized spacial score (nSPS) is 24.1. The Bertz CT molecular complexity index is 2570. The van der Waals surface area contributed by atoms with Gasteiger partial charge >= 0.3 is 0 Å². The first-order chi connectivity index (χ1) is 31.5. The molecule has 3 aliphatic heterocycles. The topological polar surface area (TPSA) is 209 Å². The van der Waals surface area contributed by atoms with Crippen molar-refractivity contribution < 1.29 is 41.9 Å². The number of carbonyl (C=O) groups is 6. The Hall–Kier alpha value is -5.95. The van der Waals surface area contributed by atoms with Crippen LogP contribution in [0.2, 0.25) is 10.0 Å². The number of hydrogen-bond donors (Lipinski definition) is 4. The van der Waals surface area contributed by atoms with Crippen molar-refractivity contribution in [2.24, 2.45) is 16.6 Å². The van der Waals surface area contributed by atoms with Gasteiger partial charge in [0.1, 0.15) is 29.2 Å². The van der Waals surface area contributed by atoms with Crippen LogP contribution in [-0.2, 0) is 9.59 Å². The van der Waals surface area contributed by atoms with E-state index < -0.39 is 52.3 Å². The Kier molecular flexibility index (Phi) is 13.2. The molecule has 2 aromatic carbocycles. The predicted molar refractivity (Wildman–Crippen MR) is 237 cm³/mol. The number of halogens is 5. The van der Waals surface area contributed by atoms with Crippen LogP contribution in [0.25, 0.3) is 0 Å². The fourth-order valence-electron chi connectivity index (χ4n) is 10.1. The minimum atomic E-state index is -1.04. The molecule has 2 aromatic heterocycles. The number of likely N-dealkylation sites (tertiary alicyclic amines) is 1. The molecule has 0 unspecified atom stereocenters. The van der Waals surface area contributed by atoms with Gasteiger partial charge in [0.05, 0.1) is 58.0 Å². The number of nitrogens with zero attached hydrogens (tertiary/aromatic N) is 6. The van der Waals surface area contributed by atoms with Crippen molar-refractivity contribution in [2.75, 3.05) is 42.5 Å². The van der Waals surface area contributed by atoms with E-state index in [1.54, 1.807) is 21.3 Å². The smallest absolute Gasteiger partial charge is 0.272 e. The lowest BCUT2D eigenvalue weighted by Gasteiger charge is -2.36. The number of nitrogens with one attached hydrogen (secondary N) is 3. The highest BCUT2D eigenvalue weighted by molar-refractivity contribution is 6.34. The number of hydrogen-bond acceptors (Lipinski definition) is 8. The number of benzene rings is 2. The highest BCUT2D eigenvalue weighted by atomic mass is 35.5. The maximum atomic E-state index is 13.4. The molecule has 3 saturated heterocycles. The third-order valence-electron chi connectivity index (χ3n) is 13.8. The summed E-state index contributed by atoms with van der Waals surface area (Å²) in [5, 5.41) is 5.98. The van der Waals surface area contributed by atoms with Gasteiger partial charge in [-0.05, 0) is 108 Å². The molecule has 6 amide bonds. The molecule has 21 heteroatoms. The van der Waals surface area contributed by atoms with Gasteiger partial charge in [-0.1, -0.05) is 23.2 Å². The third kappa shape index (κ3) is 8.86. The fourth-order valence-corrected chi connectivity index (χ4v) is 10.6. The van der Waals surface area contributed by atoms with Gasteiger partial charge in [0.25, 0.3) is 23.6 Å². The Morgan fingerprint density at radius 2 is 1.35 bits per heavy atom. The van der Waals surface area contributed by atoms with Gasteiger partial charge in [-0.2, -0.15) is 0 Å². The first kappa shape index (κ1) is 46.6. The summed E-state index contributed by atoms with van der Waals surface area (Å²) in [5.74, 6) is -3.00. The molecule has 5 heterocycles. The SMILES string of the molecule is CCNC(=O)c1ncn(C2CCC3(CC2)CCN(c2ccc(F)cc2Cl)C3=O)c1C(N)=O.O=C(NC1CCC2(CC1)CCN(c1ccc(F)cc1Cl)C2=O)c1nc[nH]c1C(=O)N1CC(F)C1. The summed E-state index contributed by atoms with van der Waals surface area (Å²) in [6.45, 7) is 3.24. The second-order valence-corrected chi connectivity index (χ2v) is 18.5. The number of amides is 6. The zero-order chi connectivity index (χ0) is 47.1. The molecule has 9 rings (SSSR count). The van der Waals surface area contributed by atoms with Crippen LogP contribution in [-0.4, -0.2) is 105 Å². The highest BCUT2D eigenvalue weighted by Crippen LogP contribution is 2.50. The molecule has 2 aliphatic carbocycles. The molecule has 2 spiro atoms. The van der Waals surface area contributed by atoms with E-state index in [0.717, 1.165) is 0 Å². The van der Waals surface area contributed by atoms with E-state index in [2.05, 4.69) is 25.6 Å². The van der Waals surface area contributed by atoms with E-state index in [1.807, 2.05) is 0 Å². The van der Waals surface area contributed by atoms with Crippen molar-refractivity contribution in [3.63, 3.8) is 0 Å². The standard InChI is InChI=1S/C23H24ClF2N5O3.C22H25ClFN5O3/c24-16-9-13(25)1-2-17(16)31-8-7-23(22(31)34)5-3-15(4-6-23)29-20(32)18-19(28-12-27-18)21(33)30-10-14(26)11-30;1-2-26-20(31)17-18(19(25)30)29(12-27-17)14-5-7-22(8-6-14)9-10-28(21(22)32)16-4-3-13(24)11-15(16)23/h1-2,9,12,14-15H,3-8,10-11H2,(H,27,28)(H,29,32);3-4,11-12,14H,2,5-10H2,1H3,(H2,25,30)(H,26,31). The molecule has 0 atom stereocenters. The predicted octanol–water partition coefficient (Wildman–Crippen LogP) is 6.15. The van der Waals surface area contributed by atoms with Crippen LogP contribution in [0, 0.1) is 22.5 Å². The first-order valence-electron chi connectivity index (χ1n) is 22.0. The minimum absolute atomic E-state index is 0.00627. The molecule has 350 valence electrons. The van der Waals surface area contributed by atoms with Crippen molar-refractivity contribution in [1.82, 2.24) is 35.1 Å². The van der Waals surface area contributed by atoms with Crippen LogP contribution in [0.15, 0.2) is 49.1 Å². The Labute approximate surface area is 387 Å². The molecule has 5 N–H and O–H groups in total. The number of anilines is 2. The minimum Gasteiger partial charge on any atom is -0.364 e. The molecule has 0 bridgehead atoms. The van der Waals surface area contributed by atoms with E-state index in [9.17, 15) is 41.9 Å².